The second-order valence-corrected chi connectivity index (χ2v) is 6.00. The minimum Gasteiger partial charge on any atom is -0.292 e. The van der Waals surface area contributed by atoms with Gasteiger partial charge in [-0.25, -0.2) is 4.98 Å². The Balaban J connectivity index is 2.04. The van der Waals surface area contributed by atoms with Gasteiger partial charge in [-0.3, -0.25) is 4.57 Å². The largest absolute Gasteiger partial charge is 0.292 e. The summed E-state index contributed by atoms with van der Waals surface area (Å²) < 4.78 is 2.30. The molecule has 24 heavy (non-hydrogen) atoms. The van der Waals surface area contributed by atoms with E-state index in [1.807, 2.05) is 12.1 Å². The van der Waals surface area contributed by atoms with Crippen molar-refractivity contribution in [3.63, 3.8) is 0 Å². The van der Waals surface area contributed by atoms with Crippen molar-refractivity contribution in [3.05, 3.63) is 84.4 Å². The molecule has 0 unspecified atom stereocenters. The van der Waals surface area contributed by atoms with Crippen LogP contribution in [0.25, 0.3) is 28.1 Å². The molecule has 0 saturated heterocycles. The highest BCUT2D eigenvalue weighted by Crippen LogP contribution is 2.30. The molecule has 0 amide bonds. The van der Waals surface area contributed by atoms with Crippen LogP contribution < -0.4 is 0 Å². The number of hydrogen-bond acceptors (Lipinski definition) is 1. The topological polar surface area (TPSA) is 17.8 Å². The summed E-state index contributed by atoms with van der Waals surface area (Å²) in [5, 5.41) is 0. The molecule has 0 N–H and O–H groups in total. The van der Waals surface area contributed by atoms with Crippen molar-refractivity contribution in [2.24, 2.45) is 0 Å². The van der Waals surface area contributed by atoms with Crippen molar-refractivity contribution in [1.82, 2.24) is 9.55 Å². The fourth-order valence-corrected chi connectivity index (χ4v) is 3.26. The van der Waals surface area contributed by atoms with Crippen molar-refractivity contribution in [2.45, 2.75) is 19.8 Å². The highest BCUT2D eigenvalue weighted by Gasteiger charge is 2.15. The minimum atomic E-state index is 1.00. The second-order valence-electron chi connectivity index (χ2n) is 6.00. The van der Waals surface area contributed by atoms with Crippen LogP contribution in [-0.4, -0.2) is 9.55 Å². The van der Waals surface area contributed by atoms with E-state index in [0.29, 0.717) is 0 Å². The molecule has 0 saturated carbocycles. The van der Waals surface area contributed by atoms with Gasteiger partial charge in [0, 0.05) is 5.56 Å². The number of aryl methyl sites for hydroxylation is 1. The second kappa shape index (κ2) is 6.32. The molecule has 0 spiro atoms. The van der Waals surface area contributed by atoms with Gasteiger partial charge >= 0.3 is 0 Å². The van der Waals surface area contributed by atoms with Crippen LogP contribution in [0.2, 0.25) is 0 Å². The number of imidazole rings is 1. The van der Waals surface area contributed by atoms with E-state index in [9.17, 15) is 0 Å². The summed E-state index contributed by atoms with van der Waals surface area (Å²) in [5.41, 5.74) is 5.91. The Morgan fingerprint density at radius 1 is 0.792 bits per heavy atom. The SMILES string of the molecule is CCCc1ccccc1-n1c(-c2ccccc2)nc2ccccc21. The molecular weight excluding hydrogens is 292 g/mol. The Morgan fingerprint density at radius 3 is 2.33 bits per heavy atom. The third-order valence-corrected chi connectivity index (χ3v) is 4.34. The molecule has 1 aromatic heterocycles. The van der Waals surface area contributed by atoms with E-state index in [4.69, 9.17) is 4.98 Å². The average Bonchev–Trinajstić information content (AvgIpc) is 3.03. The van der Waals surface area contributed by atoms with Crippen molar-refractivity contribution in [1.29, 1.82) is 0 Å². The van der Waals surface area contributed by atoms with E-state index in [1.54, 1.807) is 0 Å². The maximum atomic E-state index is 4.92. The molecule has 0 aliphatic carbocycles. The smallest absolute Gasteiger partial charge is 0.145 e. The molecule has 1 heterocycles. The summed E-state index contributed by atoms with van der Waals surface area (Å²) in [6.45, 7) is 2.22. The maximum absolute atomic E-state index is 4.92. The Bertz CT molecular complexity index is 968. The van der Waals surface area contributed by atoms with E-state index in [1.165, 1.54) is 11.3 Å². The zero-order chi connectivity index (χ0) is 16.4. The van der Waals surface area contributed by atoms with Crippen LogP contribution in [0, 0.1) is 0 Å². The minimum absolute atomic E-state index is 1.00. The Morgan fingerprint density at radius 2 is 1.50 bits per heavy atom. The van der Waals surface area contributed by atoms with Gasteiger partial charge in [-0.05, 0) is 30.2 Å². The number of hydrogen-bond donors (Lipinski definition) is 0. The lowest BCUT2D eigenvalue weighted by Gasteiger charge is -2.14. The molecular formula is C22H20N2. The number of para-hydroxylation sites is 3. The van der Waals surface area contributed by atoms with Gasteiger partial charge in [0.15, 0.2) is 0 Å². The maximum Gasteiger partial charge on any atom is 0.145 e. The van der Waals surface area contributed by atoms with Gasteiger partial charge < -0.3 is 0 Å². The molecule has 118 valence electrons. The summed E-state index contributed by atoms with van der Waals surface area (Å²) in [5.74, 6) is 1.00. The predicted octanol–water partition coefficient (Wildman–Crippen LogP) is 5.65. The molecule has 2 heteroatoms. The number of rotatable bonds is 4. The van der Waals surface area contributed by atoms with Gasteiger partial charge in [0.2, 0.25) is 0 Å². The lowest BCUT2D eigenvalue weighted by molar-refractivity contribution is 0.904. The van der Waals surface area contributed by atoms with Crippen LogP contribution in [0.4, 0.5) is 0 Å². The van der Waals surface area contributed by atoms with Crippen molar-refractivity contribution in [3.8, 4) is 17.1 Å². The monoisotopic (exact) mass is 312 g/mol. The third-order valence-electron chi connectivity index (χ3n) is 4.34. The van der Waals surface area contributed by atoms with Crippen molar-refractivity contribution >= 4 is 11.0 Å². The standard InChI is InChI=1S/C22H20N2/c1-2-10-17-11-6-8-15-20(17)24-21-16-9-7-14-19(21)23-22(24)18-12-4-3-5-13-18/h3-9,11-16H,2,10H2,1H3. The first-order chi connectivity index (χ1) is 11.9. The molecule has 4 rings (SSSR count). The first-order valence-electron chi connectivity index (χ1n) is 8.49. The van der Waals surface area contributed by atoms with Gasteiger partial charge in [0.05, 0.1) is 16.7 Å². The first kappa shape index (κ1) is 14.7. The Kier molecular flexibility index (Phi) is 3.87. The fourth-order valence-electron chi connectivity index (χ4n) is 3.26. The van der Waals surface area contributed by atoms with Crippen molar-refractivity contribution < 1.29 is 0 Å². The quantitative estimate of drug-likeness (QED) is 0.476. The highest BCUT2D eigenvalue weighted by molar-refractivity contribution is 5.83. The molecule has 0 radical (unpaired) electrons. The molecule has 0 atom stereocenters. The van der Waals surface area contributed by atoms with E-state index < -0.39 is 0 Å². The highest BCUT2D eigenvalue weighted by atomic mass is 15.1. The van der Waals surface area contributed by atoms with Crippen LogP contribution in [-0.2, 0) is 6.42 Å². The molecule has 0 bridgehead atoms. The number of fused-ring (bicyclic) bond motifs is 1. The third kappa shape index (κ3) is 2.50. The average molecular weight is 312 g/mol. The van der Waals surface area contributed by atoms with Gasteiger partial charge in [0.1, 0.15) is 5.82 Å². The summed E-state index contributed by atoms with van der Waals surface area (Å²) >= 11 is 0. The Labute approximate surface area is 142 Å². The van der Waals surface area contributed by atoms with Crippen LogP contribution in [0.3, 0.4) is 0 Å². The summed E-state index contributed by atoms with van der Waals surface area (Å²) in [6, 6.07) is 27.4. The predicted molar refractivity (Wildman–Crippen MR) is 101 cm³/mol. The van der Waals surface area contributed by atoms with E-state index in [-0.39, 0.29) is 0 Å². The molecule has 0 aliphatic rings. The van der Waals surface area contributed by atoms with Crippen LogP contribution >= 0.6 is 0 Å². The molecule has 0 fully saturated rings. The molecule has 4 aromatic rings. The van der Waals surface area contributed by atoms with E-state index >= 15 is 0 Å². The first-order valence-corrected chi connectivity index (χ1v) is 8.49. The zero-order valence-corrected chi connectivity index (χ0v) is 13.8. The van der Waals surface area contributed by atoms with Crippen molar-refractivity contribution in [2.75, 3.05) is 0 Å². The van der Waals surface area contributed by atoms with E-state index in [0.717, 1.165) is 35.3 Å². The van der Waals surface area contributed by atoms with Crippen LogP contribution in [0.15, 0.2) is 78.9 Å². The van der Waals surface area contributed by atoms with Gasteiger partial charge in [0.25, 0.3) is 0 Å². The lowest BCUT2D eigenvalue weighted by Crippen LogP contribution is -2.02. The fraction of sp³-hybridized carbons (Fsp3) is 0.136. The molecule has 0 aliphatic heterocycles. The van der Waals surface area contributed by atoms with Gasteiger partial charge in [-0.1, -0.05) is 74.0 Å². The van der Waals surface area contributed by atoms with E-state index in [2.05, 4.69) is 78.2 Å². The Hall–Kier alpha value is -2.87. The molecule has 2 nitrogen and oxygen atoms in total. The van der Waals surface area contributed by atoms with Gasteiger partial charge in [-0.15, -0.1) is 0 Å². The lowest BCUT2D eigenvalue weighted by atomic mass is 10.1. The van der Waals surface area contributed by atoms with Crippen LogP contribution in [0.1, 0.15) is 18.9 Å². The zero-order valence-electron chi connectivity index (χ0n) is 13.8. The normalized spacial score (nSPS) is 11.0. The summed E-state index contributed by atoms with van der Waals surface area (Å²) in [4.78, 5) is 4.92. The summed E-state index contributed by atoms with van der Waals surface area (Å²) in [6.07, 6.45) is 2.20. The number of nitrogens with zero attached hydrogens (tertiary/aromatic N) is 2. The number of benzene rings is 3. The number of aromatic nitrogens is 2. The molecule has 3 aromatic carbocycles. The van der Waals surface area contributed by atoms with Crippen LogP contribution in [0.5, 0.6) is 0 Å². The van der Waals surface area contributed by atoms with Gasteiger partial charge in [-0.2, -0.15) is 0 Å². The summed E-state index contributed by atoms with van der Waals surface area (Å²) in [7, 11) is 0.